The smallest absolute Gasteiger partial charge is 0.333 e. The molecule has 3 aromatic heterocycles. The van der Waals surface area contributed by atoms with Crippen LogP contribution in [0, 0.1) is 6.92 Å². The maximum Gasteiger partial charge on any atom is 0.333 e. The Hall–Kier alpha value is -3.46. The van der Waals surface area contributed by atoms with E-state index in [2.05, 4.69) is 5.10 Å². The second-order valence-corrected chi connectivity index (χ2v) is 8.82. The lowest BCUT2D eigenvalue weighted by atomic mass is 10.1. The molecule has 0 atom stereocenters. The minimum absolute atomic E-state index is 0.313. The first-order valence-electron chi connectivity index (χ1n) is 9.80. The highest BCUT2D eigenvalue weighted by atomic mass is 32.1. The predicted octanol–water partition coefficient (Wildman–Crippen LogP) is 2.78. The summed E-state index contributed by atoms with van der Waals surface area (Å²) in [6, 6.07) is 11.5. The first-order chi connectivity index (χ1) is 14.7. The Morgan fingerprint density at radius 3 is 2.48 bits per heavy atom. The minimum Gasteiger partial charge on any atom is -0.480 e. The molecule has 0 saturated carbocycles. The third kappa shape index (κ3) is 3.40. The molecule has 1 aromatic carbocycles. The average molecular weight is 439 g/mol. The fraction of sp³-hybridized carbons (Fsp3) is 0.273. The number of carboxylic acid groups (broad SMARTS) is 1. The van der Waals surface area contributed by atoms with E-state index in [1.807, 2.05) is 30.3 Å². The van der Waals surface area contributed by atoms with Crippen molar-refractivity contribution in [3.05, 3.63) is 80.8 Å². The molecule has 0 unspecified atom stereocenters. The summed E-state index contributed by atoms with van der Waals surface area (Å²) in [5.74, 6) is -1.25. The van der Waals surface area contributed by atoms with Crippen LogP contribution in [0.3, 0.4) is 0 Å². The van der Waals surface area contributed by atoms with E-state index >= 15 is 0 Å². The molecule has 8 nitrogen and oxygen atoms in total. The average Bonchev–Trinajstić information content (AvgIpc) is 3.36. The summed E-state index contributed by atoms with van der Waals surface area (Å²) in [5, 5.41) is 15.0. The second-order valence-electron chi connectivity index (χ2n) is 7.84. The summed E-state index contributed by atoms with van der Waals surface area (Å²) >= 11 is 1.30. The summed E-state index contributed by atoms with van der Waals surface area (Å²) < 4.78 is 4.02. The Bertz CT molecular complexity index is 1380. The van der Waals surface area contributed by atoms with Crippen LogP contribution in [-0.4, -0.2) is 30.0 Å². The number of carboxylic acids is 1. The molecule has 0 fully saturated rings. The number of thiophene rings is 1. The second kappa shape index (κ2) is 7.66. The number of nitrogens with zero attached hydrogens (tertiary/aromatic N) is 4. The maximum atomic E-state index is 13.4. The molecule has 0 saturated heterocycles. The Labute approximate surface area is 181 Å². The third-order valence-corrected chi connectivity index (χ3v) is 6.75. The normalized spacial score (nSPS) is 11.8. The molecule has 0 spiro atoms. The number of aliphatic carboxylic acids is 1. The number of benzene rings is 1. The van der Waals surface area contributed by atoms with Crippen molar-refractivity contribution in [3.8, 4) is 5.00 Å². The van der Waals surface area contributed by atoms with Gasteiger partial charge >= 0.3 is 11.7 Å². The van der Waals surface area contributed by atoms with E-state index in [0.717, 1.165) is 15.1 Å². The fourth-order valence-electron chi connectivity index (χ4n) is 3.61. The van der Waals surface area contributed by atoms with Gasteiger partial charge in [-0.15, -0.1) is 0 Å². The highest BCUT2D eigenvalue weighted by Gasteiger charge is 2.35. The first-order valence-corrected chi connectivity index (χ1v) is 10.6. The van der Waals surface area contributed by atoms with E-state index in [1.165, 1.54) is 29.8 Å². The van der Waals surface area contributed by atoms with Crippen molar-refractivity contribution in [2.24, 2.45) is 0 Å². The number of hydrogen-bond acceptors (Lipinski definition) is 5. The molecule has 4 rings (SSSR count). The first kappa shape index (κ1) is 20.8. The number of rotatable bonds is 6. The Kier molecular flexibility index (Phi) is 5.14. The molecule has 1 N–H and O–H groups in total. The van der Waals surface area contributed by atoms with Crippen LogP contribution in [0.25, 0.3) is 15.2 Å². The summed E-state index contributed by atoms with van der Waals surface area (Å²) in [4.78, 5) is 39.3. The highest BCUT2D eigenvalue weighted by Crippen LogP contribution is 2.31. The van der Waals surface area contributed by atoms with Crippen molar-refractivity contribution in [2.75, 3.05) is 0 Å². The molecule has 3 heterocycles. The van der Waals surface area contributed by atoms with Gasteiger partial charge in [0.15, 0.2) is 0 Å². The van der Waals surface area contributed by atoms with E-state index in [9.17, 15) is 19.5 Å². The predicted molar refractivity (Wildman–Crippen MR) is 119 cm³/mol. The van der Waals surface area contributed by atoms with Crippen molar-refractivity contribution in [3.63, 3.8) is 0 Å². The molecule has 0 bridgehead atoms. The molecular weight excluding hydrogens is 416 g/mol. The quantitative estimate of drug-likeness (QED) is 0.499. The summed E-state index contributed by atoms with van der Waals surface area (Å²) in [7, 11) is 0. The number of aromatic nitrogens is 4. The number of fused-ring (bicyclic) bond motifs is 1. The van der Waals surface area contributed by atoms with Gasteiger partial charge in [-0.25, -0.2) is 18.8 Å². The van der Waals surface area contributed by atoms with Crippen molar-refractivity contribution in [1.82, 2.24) is 18.9 Å². The molecule has 31 heavy (non-hydrogen) atoms. The van der Waals surface area contributed by atoms with Crippen LogP contribution in [0.15, 0.2) is 58.4 Å². The van der Waals surface area contributed by atoms with Crippen LogP contribution in [0.4, 0.5) is 0 Å². The van der Waals surface area contributed by atoms with Crippen LogP contribution < -0.4 is 11.2 Å². The van der Waals surface area contributed by atoms with E-state index in [-0.39, 0.29) is 0 Å². The van der Waals surface area contributed by atoms with Crippen LogP contribution in [0.2, 0.25) is 0 Å². The zero-order chi connectivity index (χ0) is 22.3. The molecule has 0 amide bonds. The highest BCUT2D eigenvalue weighted by molar-refractivity contribution is 7.21. The molecule has 0 aliphatic rings. The Morgan fingerprint density at radius 2 is 1.87 bits per heavy atom. The van der Waals surface area contributed by atoms with Crippen LogP contribution in [0.1, 0.15) is 25.0 Å². The van der Waals surface area contributed by atoms with E-state index < -0.39 is 22.8 Å². The molecule has 0 aliphatic heterocycles. The minimum atomic E-state index is -1.70. The Balaban J connectivity index is 2.01. The van der Waals surface area contributed by atoms with Crippen molar-refractivity contribution < 1.29 is 9.90 Å². The van der Waals surface area contributed by atoms with E-state index in [4.69, 9.17) is 0 Å². The lowest BCUT2D eigenvalue weighted by molar-refractivity contribution is -0.146. The monoisotopic (exact) mass is 438 g/mol. The standard InChI is InChI=1S/C22H22N4O4S/c1-14-16-17(27)26(22(2,3)20(28)29)21(30)24(13-10-15-8-5-4-6-9-15)19(16)31-18(14)25-12-7-11-23-25/h4-9,11-12H,10,13H2,1-3H3,(H,28,29). The van der Waals surface area contributed by atoms with Gasteiger partial charge in [0.05, 0.1) is 5.39 Å². The van der Waals surface area contributed by atoms with Gasteiger partial charge in [-0.1, -0.05) is 41.7 Å². The van der Waals surface area contributed by atoms with Crippen molar-refractivity contribution in [2.45, 2.75) is 39.3 Å². The van der Waals surface area contributed by atoms with E-state index in [1.54, 1.807) is 30.1 Å². The topological polar surface area (TPSA) is 99.1 Å². The van der Waals surface area contributed by atoms with Gasteiger partial charge in [-0.05, 0) is 38.8 Å². The molecule has 160 valence electrons. The fourth-order valence-corrected chi connectivity index (χ4v) is 4.88. The van der Waals surface area contributed by atoms with Crippen LogP contribution in [-0.2, 0) is 23.3 Å². The van der Waals surface area contributed by atoms with Crippen molar-refractivity contribution >= 4 is 27.5 Å². The SMILES string of the molecule is Cc1c(-n2cccn2)sc2c1c(=O)n(C(C)(C)C(=O)O)c(=O)n2CCc1ccccc1. The van der Waals surface area contributed by atoms with Gasteiger partial charge in [0, 0.05) is 24.5 Å². The zero-order valence-electron chi connectivity index (χ0n) is 17.4. The summed E-state index contributed by atoms with van der Waals surface area (Å²) in [6.45, 7) is 4.83. The maximum absolute atomic E-state index is 13.4. The molecule has 0 aliphatic carbocycles. The van der Waals surface area contributed by atoms with Gasteiger partial charge in [0.1, 0.15) is 15.4 Å². The lowest BCUT2D eigenvalue weighted by Crippen LogP contribution is -2.52. The van der Waals surface area contributed by atoms with Crippen LogP contribution >= 0.6 is 11.3 Å². The zero-order valence-corrected chi connectivity index (χ0v) is 18.2. The molecular formula is C22H22N4O4S. The van der Waals surface area contributed by atoms with Gasteiger partial charge in [0.25, 0.3) is 5.56 Å². The molecule has 0 radical (unpaired) electrons. The lowest BCUT2D eigenvalue weighted by Gasteiger charge is -2.23. The summed E-state index contributed by atoms with van der Waals surface area (Å²) in [5.41, 5.74) is -1.23. The molecule has 9 heteroatoms. The van der Waals surface area contributed by atoms with Gasteiger partial charge in [-0.2, -0.15) is 5.10 Å². The van der Waals surface area contributed by atoms with Gasteiger partial charge in [0.2, 0.25) is 0 Å². The van der Waals surface area contributed by atoms with Gasteiger partial charge in [-0.3, -0.25) is 9.36 Å². The van der Waals surface area contributed by atoms with Gasteiger partial charge < -0.3 is 5.11 Å². The summed E-state index contributed by atoms with van der Waals surface area (Å²) in [6.07, 6.45) is 3.97. The number of hydrogen-bond donors (Lipinski definition) is 1. The van der Waals surface area contributed by atoms with E-state index in [0.29, 0.717) is 28.7 Å². The third-order valence-electron chi connectivity index (χ3n) is 5.45. The van der Waals surface area contributed by atoms with Crippen molar-refractivity contribution in [1.29, 1.82) is 0 Å². The largest absolute Gasteiger partial charge is 0.480 e. The number of carbonyl (C=O) groups is 1. The molecule has 4 aromatic rings. The number of aryl methyl sites for hydroxylation is 3. The Morgan fingerprint density at radius 1 is 1.16 bits per heavy atom. The van der Waals surface area contributed by atoms with Crippen LogP contribution in [0.5, 0.6) is 0 Å².